The van der Waals surface area contributed by atoms with Crippen molar-refractivity contribution in [1.82, 2.24) is 5.32 Å². The number of rotatable bonds is 5. The first-order chi connectivity index (χ1) is 13.3. The maximum absolute atomic E-state index is 12.7. The van der Waals surface area contributed by atoms with Crippen LogP contribution in [-0.4, -0.2) is 26.2 Å². The fourth-order valence-electron chi connectivity index (χ4n) is 2.28. The number of carbonyl (C=O) groups is 1. The van der Waals surface area contributed by atoms with Crippen molar-refractivity contribution in [1.29, 1.82) is 0 Å². The van der Waals surface area contributed by atoms with Crippen molar-refractivity contribution in [3.05, 3.63) is 58.1 Å². The van der Waals surface area contributed by atoms with Gasteiger partial charge < -0.3 is 14.8 Å². The molecule has 4 nitrogen and oxygen atoms in total. The Hall–Kier alpha value is -2.85. The van der Waals surface area contributed by atoms with Gasteiger partial charge in [0.1, 0.15) is 0 Å². The molecule has 0 unspecified atom stereocenters. The lowest BCUT2D eigenvalue weighted by atomic mass is 10.1. The Morgan fingerprint density at radius 2 is 2.00 bits per heavy atom. The highest BCUT2D eigenvalue weighted by Gasteiger charge is 2.30. The quantitative estimate of drug-likeness (QED) is 0.734. The van der Waals surface area contributed by atoms with Gasteiger partial charge in [-0.05, 0) is 37.3 Å². The molecule has 0 saturated carbocycles. The zero-order valence-corrected chi connectivity index (χ0v) is 15.9. The topological polar surface area (TPSA) is 47.6 Å². The van der Waals surface area contributed by atoms with E-state index in [0.29, 0.717) is 18.1 Å². The van der Waals surface area contributed by atoms with Crippen LogP contribution in [0.15, 0.2) is 36.4 Å². The molecule has 0 aliphatic heterocycles. The van der Waals surface area contributed by atoms with Crippen LogP contribution in [0.5, 0.6) is 11.5 Å². The van der Waals surface area contributed by atoms with Crippen LogP contribution in [0.3, 0.4) is 0 Å². The van der Waals surface area contributed by atoms with Gasteiger partial charge in [0.25, 0.3) is 5.91 Å². The third kappa shape index (κ3) is 5.57. The third-order valence-electron chi connectivity index (χ3n) is 3.54. The van der Waals surface area contributed by atoms with E-state index in [4.69, 9.17) is 21.1 Å². The van der Waals surface area contributed by atoms with Gasteiger partial charge in [-0.25, -0.2) is 0 Å². The van der Waals surface area contributed by atoms with Crippen molar-refractivity contribution in [3.63, 3.8) is 0 Å². The predicted molar refractivity (Wildman–Crippen MR) is 99.8 cm³/mol. The molecule has 0 heterocycles. The summed E-state index contributed by atoms with van der Waals surface area (Å²) < 4.78 is 48.6. The number of hydrogen-bond donors (Lipinski definition) is 1. The van der Waals surface area contributed by atoms with Crippen molar-refractivity contribution in [2.24, 2.45) is 0 Å². The zero-order valence-electron chi connectivity index (χ0n) is 15.1. The van der Waals surface area contributed by atoms with Gasteiger partial charge in [0.05, 0.1) is 30.8 Å². The number of methoxy groups -OCH3 is 1. The lowest BCUT2D eigenvalue weighted by Gasteiger charge is -2.12. The van der Waals surface area contributed by atoms with E-state index in [9.17, 15) is 18.0 Å². The first kappa shape index (κ1) is 21.5. The highest BCUT2D eigenvalue weighted by molar-refractivity contribution is 6.32. The van der Waals surface area contributed by atoms with E-state index >= 15 is 0 Å². The van der Waals surface area contributed by atoms with Crippen molar-refractivity contribution < 1.29 is 27.4 Å². The Bertz CT molecular complexity index is 917. The Kier molecular flexibility index (Phi) is 7.18. The number of amides is 1. The van der Waals surface area contributed by atoms with E-state index in [0.717, 1.165) is 12.1 Å². The molecule has 0 bridgehead atoms. The van der Waals surface area contributed by atoms with Crippen LogP contribution in [0, 0.1) is 11.8 Å². The second-order valence-corrected chi connectivity index (χ2v) is 5.89. The molecule has 1 amide bonds. The summed E-state index contributed by atoms with van der Waals surface area (Å²) in [6, 6.07) is 7.57. The maximum atomic E-state index is 12.7. The van der Waals surface area contributed by atoms with E-state index < -0.39 is 17.6 Å². The van der Waals surface area contributed by atoms with E-state index in [1.54, 1.807) is 6.92 Å². The summed E-state index contributed by atoms with van der Waals surface area (Å²) in [7, 11) is 1.43. The predicted octanol–water partition coefficient (Wildman–Crippen LogP) is 4.55. The lowest BCUT2D eigenvalue weighted by Crippen LogP contribution is -2.23. The van der Waals surface area contributed by atoms with E-state index in [1.807, 2.05) is 0 Å². The molecule has 0 fully saturated rings. The van der Waals surface area contributed by atoms with Crippen LogP contribution in [0.25, 0.3) is 0 Å². The minimum atomic E-state index is -4.43. The number of halogens is 4. The highest BCUT2D eigenvalue weighted by Crippen LogP contribution is 2.36. The van der Waals surface area contributed by atoms with E-state index in [-0.39, 0.29) is 22.7 Å². The van der Waals surface area contributed by atoms with Crippen molar-refractivity contribution in [2.45, 2.75) is 13.1 Å². The third-order valence-corrected chi connectivity index (χ3v) is 3.82. The van der Waals surface area contributed by atoms with Crippen molar-refractivity contribution in [2.75, 3.05) is 20.3 Å². The van der Waals surface area contributed by atoms with Gasteiger partial charge in [0.2, 0.25) is 0 Å². The molecule has 0 aliphatic rings. The molecular weight excluding hydrogens is 395 g/mol. The summed E-state index contributed by atoms with van der Waals surface area (Å²) in [5.41, 5.74) is -0.333. The van der Waals surface area contributed by atoms with Gasteiger partial charge in [-0.1, -0.05) is 29.5 Å². The summed E-state index contributed by atoms with van der Waals surface area (Å²) in [4.78, 5) is 12.2. The van der Waals surface area contributed by atoms with Crippen LogP contribution in [0.1, 0.15) is 28.4 Å². The van der Waals surface area contributed by atoms with Crippen LogP contribution in [0.4, 0.5) is 13.2 Å². The number of carbonyl (C=O) groups excluding carboxylic acids is 1. The molecule has 28 heavy (non-hydrogen) atoms. The molecule has 0 aliphatic carbocycles. The normalized spacial score (nSPS) is 10.6. The molecule has 0 atom stereocenters. The summed E-state index contributed by atoms with van der Waals surface area (Å²) in [6.07, 6.45) is -4.43. The van der Waals surface area contributed by atoms with Gasteiger partial charge in [-0.3, -0.25) is 4.79 Å². The second kappa shape index (κ2) is 9.38. The zero-order chi connectivity index (χ0) is 20.7. The maximum Gasteiger partial charge on any atom is 0.416 e. The Morgan fingerprint density at radius 1 is 1.25 bits per heavy atom. The van der Waals surface area contributed by atoms with Gasteiger partial charge in [0.15, 0.2) is 11.5 Å². The van der Waals surface area contributed by atoms with Crippen LogP contribution >= 0.6 is 11.6 Å². The summed E-state index contributed by atoms with van der Waals surface area (Å²) >= 11 is 6.12. The molecule has 0 spiro atoms. The van der Waals surface area contributed by atoms with Gasteiger partial charge in [-0.2, -0.15) is 13.2 Å². The molecule has 148 valence electrons. The largest absolute Gasteiger partial charge is 0.493 e. The molecule has 1 N–H and O–H groups in total. The number of nitrogens with one attached hydrogen (secondary N) is 1. The highest BCUT2D eigenvalue weighted by atomic mass is 35.5. The Morgan fingerprint density at radius 3 is 2.64 bits per heavy atom. The molecule has 2 aromatic carbocycles. The fraction of sp³-hybridized carbons (Fsp3) is 0.250. The number of hydrogen-bond acceptors (Lipinski definition) is 3. The van der Waals surface area contributed by atoms with Gasteiger partial charge in [0, 0.05) is 11.1 Å². The van der Waals surface area contributed by atoms with E-state index in [2.05, 4.69) is 17.2 Å². The average molecular weight is 412 g/mol. The first-order valence-corrected chi connectivity index (χ1v) is 8.58. The van der Waals surface area contributed by atoms with Crippen molar-refractivity contribution >= 4 is 17.5 Å². The standard InChI is InChI=1S/C20H17ClF3NO3/c1-3-28-18-16(21)11-14(12-17(18)27-2)19(26)25-9-5-7-13-6-4-8-15(10-13)20(22,23)24/h4,6,8,10-12H,3,9H2,1-2H3,(H,25,26). The number of alkyl halides is 3. The molecule has 0 saturated heterocycles. The molecular formula is C20H17ClF3NO3. The second-order valence-electron chi connectivity index (χ2n) is 5.49. The molecule has 2 rings (SSSR count). The SMILES string of the molecule is CCOc1c(Cl)cc(C(=O)NCC#Cc2cccc(C(F)(F)F)c2)cc1OC. The minimum Gasteiger partial charge on any atom is -0.493 e. The molecule has 8 heteroatoms. The van der Waals surface area contributed by atoms with Crippen LogP contribution in [-0.2, 0) is 6.18 Å². The Balaban J connectivity index is 2.06. The van der Waals surface area contributed by atoms with Gasteiger partial charge >= 0.3 is 6.18 Å². The van der Waals surface area contributed by atoms with Crippen LogP contribution < -0.4 is 14.8 Å². The van der Waals surface area contributed by atoms with Crippen molar-refractivity contribution in [3.8, 4) is 23.3 Å². The smallest absolute Gasteiger partial charge is 0.416 e. The Labute approximate surface area is 165 Å². The van der Waals surface area contributed by atoms with Gasteiger partial charge in [-0.15, -0.1) is 0 Å². The lowest BCUT2D eigenvalue weighted by molar-refractivity contribution is -0.137. The molecule has 2 aromatic rings. The summed E-state index contributed by atoms with van der Waals surface area (Å²) in [5.74, 6) is 5.40. The summed E-state index contributed by atoms with van der Waals surface area (Å²) in [5, 5.41) is 2.78. The molecule has 0 aromatic heterocycles. The number of ether oxygens (including phenoxy) is 2. The average Bonchev–Trinajstić information content (AvgIpc) is 2.66. The minimum absolute atomic E-state index is 0.0533. The summed E-state index contributed by atoms with van der Waals surface area (Å²) in [6.45, 7) is 2.12. The number of benzene rings is 2. The monoisotopic (exact) mass is 411 g/mol. The first-order valence-electron chi connectivity index (χ1n) is 8.21. The van der Waals surface area contributed by atoms with E-state index in [1.165, 1.54) is 31.4 Å². The van der Waals surface area contributed by atoms with Crippen LogP contribution in [0.2, 0.25) is 5.02 Å². The molecule has 0 radical (unpaired) electrons. The fourth-order valence-corrected chi connectivity index (χ4v) is 2.55.